The van der Waals surface area contributed by atoms with Crippen LogP contribution in [0.4, 0.5) is 4.39 Å². The van der Waals surface area contributed by atoms with Crippen LogP contribution in [-0.4, -0.2) is 38.0 Å². The minimum atomic E-state index is -1.06. The fraction of sp³-hybridized carbons (Fsp3) is 0.333. The Morgan fingerprint density at radius 2 is 2.04 bits per heavy atom. The molecule has 1 heterocycles. The lowest BCUT2D eigenvalue weighted by Crippen LogP contribution is -2.41. The molecule has 23 heavy (non-hydrogen) atoms. The van der Waals surface area contributed by atoms with E-state index in [9.17, 15) is 14.0 Å². The molecule has 0 radical (unpaired) electrons. The molecular weight excluding hydrogens is 303 g/mol. The third-order valence-corrected chi connectivity index (χ3v) is 3.65. The van der Waals surface area contributed by atoms with E-state index in [-0.39, 0.29) is 11.5 Å². The van der Waals surface area contributed by atoms with Crippen LogP contribution in [0.15, 0.2) is 30.5 Å². The second-order valence-electron chi connectivity index (χ2n) is 5.54. The van der Waals surface area contributed by atoms with Crippen molar-refractivity contribution < 1.29 is 19.1 Å². The van der Waals surface area contributed by atoms with E-state index in [0.29, 0.717) is 18.0 Å². The van der Waals surface area contributed by atoms with Crippen molar-refractivity contribution in [2.45, 2.75) is 25.3 Å². The average Bonchev–Trinajstić information content (AvgIpc) is 3.20. The molecule has 3 rings (SSSR count). The number of amides is 1. The molecule has 8 heteroatoms. The average molecular weight is 318 g/mol. The van der Waals surface area contributed by atoms with Crippen LogP contribution in [0.5, 0.6) is 0 Å². The van der Waals surface area contributed by atoms with Gasteiger partial charge in [-0.05, 0) is 36.6 Å². The van der Waals surface area contributed by atoms with Gasteiger partial charge in [0.2, 0.25) is 0 Å². The zero-order chi connectivity index (χ0) is 16.4. The highest BCUT2D eigenvalue weighted by Crippen LogP contribution is 2.33. The number of carbonyl (C=O) groups is 2. The van der Waals surface area contributed by atoms with Crippen molar-refractivity contribution in [1.29, 1.82) is 0 Å². The monoisotopic (exact) mass is 318 g/mol. The highest BCUT2D eigenvalue weighted by molar-refractivity contribution is 5.94. The van der Waals surface area contributed by atoms with E-state index in [4.69, 9.17) is 5.11 Å². The predicted octanol–water partition coefficient (Wildman–Crippen LogP) is 1.39. The summed E-state index contributed by atoms with van der Waals surface area (Å²) in [5.41, 5.74) is 0.509. The molecule has 120 valence electrons. The Kier molecular flexibility index (Phi) is 4.05. The van der Waals surface area contributed by atoms with Crippen molar-refractivity contribution in [1.82, 2.24) is 20.3 Å². The number of nitrogens with zero attached hydrogens (tertiary/aromatic N) is 3. The number of carboxylic acids is 1. The van der Waals surface area contributed by atoms with E-state index in [0.717, 1.165) is 12.8 Å². The number of aliphatic carboxylic acids is 1. The topological polar surface area (TPSA) is 97.1 Å². The number of hydrogen-bond donors (Lipinski definition) is 2. The van der Waals surface area contributed by atoms with E-state index < -0.39 is 17.9 Å². The first kappa shape index (κ1) is 15.1. The van der Waals surface area contributed by atoms with E-state index in [1.54, 1.807) is 0 Å². The number of halogens is 1. The zero-order valence-corrected chi connectivity index (χ0v) is 12.1. The van der Waals surface area contributed by atoms with Gasteiger partial charge < -0.3 is 10.4 Å². The number of hydrogen-bond acceptors (Lipinski definition) is 4. The Morgan fingerprint density at radius 1 is 1.35 bits per heavy atom. The summed E-state index contributed by atoms with van der Waals surface area (Å²) in [7, 11) is 0. The second kappa shape index (κ2) is 6.15. The van der Waals surface area contributed by atoms with E-state index in [1.165, 1.54) is 35.3 Å². The van der Waals surface area contributed by atoms with Crippen LogP contribution < -0.4 is 5.32 Å². The van der Waals surface area contributed by atoms with Crippen molar-refractivity contribution in [3.63, 3.8) is 0 Å². The molecule has 2 N–H and O–H groups in total. The minimum absolute atomic E-state index is 0.0105. The Hall–Kier alpha value is -2.77. The summed E-state index contributed by atoms with van der Waals surface area (Å²) < 4.78 is 12.9. The van der Waals surface area contributed by atoms with E-state index >= 15 is 0 Å². The van der Waals surface area contributed by atoms with Gasteiger partial charge >= 0.3 is 5.97 Å². The smallest absolute Gasteiger partial charge is 0.326 e. The molecule has 1 amide bonds. The molecule has 0 bridgehead atoms. The van der Waals surface area contributed by atoms with Crippen LogP contribution in [0.3, 0.4) is 0 Å². The molecule has 0 spiro atoms. The number of aromatic nitrogens is 3. The molecule has 1 fully saturated rings. The van der Waals surface area contributed by atoms with Gasteiger partial charge in [-0.15, -0.1) is 5.10 Å². The van der Waals surface area contributed by atoms with Gasteiger partial charge in [0, 0.05) is 0 Å². The quantitative estimate of drug-likeness (QED) is 0.839. The highest BCUT2D eigenvalue weighted by Gasteiger charge is 2.30. The minimum Gasteiger partial charge on any atom is -0.480 e. The van der Waals surface area contributed by atoms with Crippen LogP contribution in [-0.2, 0) is 4.79 Å². The standard InChI is InChI=1S/C15H15FN4O3/c16-10-3-5-11(6-4-10)20-17-8-13(19-20)14(21)18-12(15(22)23)7-9-1-2-9/h3-6,8-9,12H,1-2,7H2,(H,18,21)(H,22,23). The largest absolute Gasteiger partial charge is 0.480 e. The van der Waals surface area contributed by atoms with Crippen molar-refractivity contribution in [2.75, 3.05) is 0 Å². The molecule has 1 aromatic heterocycles. The highest BCUT2D eigenvalue weighted by atomic mass is 19.1. The summed E-state index contributed by atoms with van der Waals surface area (Å²) in [6.45, 7) is 0. The predicted molar refractivity (Wildman–Crippen MR) is 77.5 cm³/mol. The Labute approximate surface area is 131 Å². The summed E-state index contributed by atoms with van der Waals surface area (Å²) in [5.74, 6) is -1.67. The fourth-order valence-electron chi connectivity index (χ4n) is 2.21. The van der Waals surface area contributed by atoms with Crippen molar-refractivity contribution in [2.24, 2.45) is 5.92 Å². The van der Waals surface area contributed by atoms with Gasteiger partial charge in [0.25, 0.3) is 5.91 Å². The summed E-state index contributed by atoms with van der Waals surface area (Å²) >= 11 is 0. The first-order valence-electron chi connectivity index (χ1n) is 7.25. The first-order chi connectivity index (χ1) is 11.0. The summed E-state index contributed by atoms with van der Waals surface area (Å²) in [5, 5.41) is 19.6. The lowest BCUT2D eigenvalue weighted by Gasteiger charge is -2.12. The lowest BCUT2D eigenvalue weighted by molar-refractivity contribution is -0.139. The molecule has 1 aliphatic rings. The number of carbonyl (C=O) groups excluding carboxylic acids is 1. The van der Waals surface area contributed by atoms with Gasteiger partial charge in [0.05, 0.1) is 11.9 Å². The number of benzene rings is 1. The number of carboxylic acid groups (broad SMARTS) is 1. The van der Waals surface area contributed by atoms with Crippen LogP contribution in [0.25, 0.3) is 5.69 Å². The third kappa shape index (κ3) is 3.71. The third-order valence-electron chi connectivity index (χ3n) is 3.65. The molecule has 1 aromatic carbocycles. The molecule has 0 aliphatic heterocycles. The molecule has 7 nitrogen and oxygen atoms in total. The maximum absolute atomic E-state index is 12.9. The van der Waals surface area contributed by atoms with E-state index in [2.05, 4.69) is 15.5 Å². The second-order valence-corrected chi connectivity index (χ2v) is 5.54. The van der Waals surface area contributed by atoms with Crippen molar-refractivity contribution in [3.05, 3.63) is 42.0 Å². The SMILES string of the molecule is O=C(NC(CC1CC1)C(=O)O)c1cnn(-c2ccc(F)cc2)n1. The van der Waals surface area contributed by atoms with Crippen LogP contribution in [0.2, 0.25) is 0 Å². The molecular formula is C15H15FN4O3. The fourth-order valence-corrected chi connectivity index (χ4v) is 2.21. The van der Waals surface area contributed by atoms with Gasteiger partial charge in [-0.1, -0.05) is 12.8 Å². The number of nitrogens with one attached hydrogen (secondary N) is 1. The van der Waals surface area contributed by atoms with Gasteiger partial charge in [0.15, 0.2) is 5.69 Å². The molecule has 1 atom stereocenters. The summed E-state index contributed by atoms with van der Waals surface area (Å²) in [6.07, 6.45) is 3.67. The summed E-state index contributed by atoms with van der Waals surface area (Å²) in [4.78, 5) is 24.5. The summed E-state index contributed by atoms with van der Waals surface area (Å²) in [6, 6.07) is 4.54. The molecule has 2 aromatic rings. The van der Waals surface area contributed by atoms with Crippen LogP contribution >= 0.6 is 0 Å². The zero-order valence-electron chi connectivity index (χ0n) is 12.1. The maximum atomic E-state index is 12.9. The normalized spacial score (nSPS) is 15.2. The van der Waals surface area contributed by atoms with Gasteiger partial charge in [0.1, 0.15) is 11.9 Å². The van der Waals surface area contributed by atoms with Gasteiger partial charge in [-0.2, -0.15) is 9.90 Å². The van der Waals surface area contributed by atoms with Crippen molar-refractivity contribution in [3.8, 4) is 5.69 Å². The van der Waals surface area contributed by atoms with Crippen LogP contribution in [0.1, 0.15) is 29.8 Å². The molecule has 1 aliphatic carbocycles. The molecule has 1 saturated carbocycles. The lowest BCUT2D eigenvalue weighted by atomic mass is 10.1. The van der Waals surface area contributed by atoms with Gasteiger partial charge in [-0.25, -0.2) is 9.18 Å². The molecule has 0 saturated heterocycles. The molecule has 1 unspecified atom stereocenters. The Bertz CT molecular complexity index is 725. The Morgan fingerprint density at radius 3 is 2.65 bits per heavy atom. The Balaban J connectivity index is 1.69. The van der Waals surface area contributed by atoms with Gasteiger partial charge in [-0.3, -0.25) is 4.79 Å². The first-order valence-corrected chi connectivity index (χ1v) is 7.25. The maximum Gasteiger partial charge on any atom is 0.326 e. The van der Waals surface area contributed by atoms with Crippen LogP contribution in [0, 0.1) is 11.7 Å². The number of rotatable bonds is 6. The van der Waals surface area contributed by atoms with Crippen molar-refractivity contribution >= 4 is 11.9 Å². The van der Waals surface area contributed by atoms with E-state index in [1.807, 2.05) is 0 Å².